The van der Waals surface area contributed by atoms with Crippen LogP contribution in [0.15, 0.2) is 18.6 Å². The molecule has 1 unspecified atom stereocenters. The molecule has 3 rings (SSSR count). The van der Waals surface area contributed by atoms with Gasteiger partial charge in [-0.2, -0.15) is 0 Å². The highest BCUT2D eigenvalue weighted by molar-refractivity contribution is 5.87. The van der Waals surface area contributed by atoms with Gasteiger partial charge in [0.1, 0.15) is 6.10 Å². The lowest BCUT2D eigenvalue weighted by molar-refractivity contribution is -0.133. The predicted octanol–water partition coefficient (Wildman–Crippen LogP) is 0.809. The number of carbonyl (C=O) groups is 2. The van der Waals surface area contributed by atoms with Gasteiger partial charge >= 0.3 is 0 Å². The van der Waals surface area contributed by atoms with Crippen molar-refractivity contribution in [3.8, 4) is 5.88 Å². The minimum atomic E-state index is -0.183. The Bertz CT molecular complexity index is 544. The highest BCUT2D eigenvalue weighted by atomic mass is 16.5. The van der Waals surface area contributed by atoms with Crippen molar-refractivity contribution in [3.63, 3.8) is 0 Å². The summed E-state index contributed by atoms with van der Waals surface area (Å²) in [5, 5.41) is 5.84. The van der Waals surface area contributed by atoms with E-state index in [0.29, 0.717) is 18.8 Å². The first-order chi connectivity index (χ1) is 11.2. The number of carbonyl (C=O) groups excluding carboxylic acids is 2. The molecule has 0 spiro atoms. The summed E-state index contributed by atoms with van der Waals surface area (Å²) in [6, 6.07) is 0.175. The molecule has 23 heavy (non-hydrogen) atoms. The van der Waals surface area contributed by atoms with Gasteiger partial charge in [-0.25, -0.2) is 4.98 Å². The Morgan fingerprint density at radius 2 is 2.04 bits per heavy atom. The zero-order chi connectivity index (χ0) is 16.1. The first-order valence-electron chi connectivity index (χ1n) is 8.20. The standard InChI is InChI=1S/C16H22N4O3/c21-14-9-11(5-6-18-14)16(22)20-12-1-3-13(4-2-12)23-15-10-17-7-8-19-15/h7-8,10-13H,1-6,9H2,(H,18,21)(H,20,22). The van der Waals surface area contributed by atoms with Crippen LogP contribution in [-0.2, 0) is 9.59 Å². The smallest absolute Gasteiger partial charge is 0.232 e. The van der Waals surface area contributed by atoms with E-state index >= 15 is 0 Å². The maximum absolute atomic E-state index is 12.2. The van der Waals surface area contributed by atoms with E-state index in [1.807, 2.05) is 0 Å². The van der Waals surface area contributed by atoms with Gasteiger partial charge in [-0.15, -0.1) is 0 Å². The van der Waals surface area contributed by atoms with Gasteiger partial charge in [0.25, 0.3) is 0 Å². The Morgan fingerprint density at radius 3 is 2.74 bits per heavy atom. The lowest BCUT2D eigenvalue weighted by atomic mass is 9.91. The normalized spacial score (nSPS) is 27.8. The molecule has 1 aliphatic carbocycles. The lowest BCUT2D eigenvalue weighted by Gasteiger charge is -2.30. The van der Waals surface area contributed by atoms with Crippen molar-refractivity contribution in [1.29, 1.82) is 0 Å². The summed E-state index contributed by atoms with van der Waals surface area (Å²) < 4.78 is 5.80. The fourth-order valence-electron chi connectivity index (χ4n) is 3.17. The molecule has 1 aromatic heterocycles. The Hall–Kier alpha value is -2.18. The van der Waals surface area contributed by atoms with Crippen molar-refractivity contribution in [2.75, 3.05) is 6.54 Å². The van der Waals surface area contributed by atoms with Crippen LogP contribution in [0, 0.1) is 5.92 Å². The Kier molecular flexibility index (Phi) is 5.05. The molecule has 1 aliphatic heterocycles. The highest BCUT2D eigenvalue weighted by Crippen LogP contribution is 2.23. The Labute approximate surface area is 135 Å². The zero-order valence-corrected chi connectivity index (χ0v) is 13.0. The zero-order valence-electron chi connectivity index (χ0n) is 13.0. The number of piperidine rings is 1. The summed E-state index contributed by atoms with van der Waals surface area (Å²) in [6.45, 7) is 0.593. The van der Waals surface area contributed by atoms with Crippen LogP contribution in [-0.4, -0.2) is 40.5 Å². The van der Waals surface area contributed by atoms with E-state index in [2.05, 4.69) is 20.6 Å². The van der Waals surface area contributed by atoms with Gasteiger partial charge in [0.2, 0.25) is 17.7 Å². The number of nitrogens with one attached hydrogen (secondary N) is 2. The monoisotopic (exact) mass is 318 g/mol. The largest absolute Gasteiger partial charge is 0.473 e. The topological polar surface area (TPSA) is 93.2 Å². The molecule has 7 heteroatoms. The van der Waals surface area contributed by atoms with Crippen molar-refractivity contribution >= 4 is 11.8 Å². The van der Waals surface area contributed by atoms with Crippen LogP contribution in [0.25, 0.3) is 0 Å². The van der Waals surface area contributed by atoms with Gasteiger partial charge < -0.3 is 15.4 Å². The molecule has 0 radical (unpaired) electrons. The fraction of sp³-hybridized carbons (Fsp3) is 0.625. The van der Waals surface area contributed by atoms with Gasteiger partial charge in [0, 0.05) is 37.3 Å². The van der Waals surface area contributed by atoms with Crippen LogP contribution >= 0.6 is 0 Å². The van der Waals surface area contributed by atoms with Crippen LogP contribution < -0.4 is 15.4 Å². The van der Waals surface area contributed by atoms with E-state index in [0.717, 1.165) is 32.1 Å². The second kappa shape index (κ2) is 7.39. The van der Waals surface area contributed by atoms with Gasteiger partial charge in [-0.1, -0.05) is 0 Å². The third-order valence-corrected chi connectivity index (χ3v) is 4.47. The maximum atomic E-state index is 12.2. The van der Waals surface area contributed by atoms with Crippen LogP contribution in [0.5, 0.6) is 5.88 Å². The molecule has 0 aromatic carbocycles. The molecule has 2 aliphatic rings. The first-order valence-corrected chi connectivity index (χ1v) is 8.20. The van der Waals surface area contributed by atoms with Crippen molar-refractivity contribution in [2.45, 2.75) is 50.7 Å². The molecule has 124 valence electrons. The maximum Gasteiger partial charge on any atom is 0.232 e. The predicted molar refractivity (Wildman–Crippen MR) is 82.6 cm³/mol. The average molecular weight is 318 g/mol. The van der Waals surface area contributed by atoms with Crippen molar-refractivity contribution < 1.29 is 14.3 Å². The number of ether oxygens (including phenoxy) is 1. The minimum Gasteiger partial charge on any atom is -0.473 e. The number of hydrogen-bond acceptors (Lipinski definition) is 5. The second-order valence-corrected chi connectivity index (χ2v) is 6.18. The van der Waals surface area contributed by atoms with E-state index in [1.165, 1.54) is 0 Å². The number of aromatic nitrogens is 2. The summed E-state index contributed by atoms with van der Waals surface area (Å²) >= 11 is 0. The number of nitrogens with zero attached hydrogens (tertiary/aromatic N) is 2. The molecule has 0 bridgehead atoms. The molecule has 1 saturated carbocycles. The first kappa shape index (κ1) is 15.7. The highest BCUT2D eigenvalue weighted by Gasteiger charge is 2.29. The average Bonchev–Trinajstić information content (AvgIpc) is 2.57. The molecule has 1 saturated heterocycles. The molecule has 2 fully saturated rings. The van der Waals surface area contributed by atoms with E-state index < -0.39 is 0 Å². The van der Waals surface area contributed by atoms with Gasteiger partial charge in [-0.05, 0) is 32.1 Å². The molecule has 1 aromatic rings. The van der Waals surface area contributed by atoms with Gasteiger partial charge in [0.05, 0.1) is 6.20 Å². The van der Waals surface area contributed by atoms with E-state index in [9.17, 15) is 9.59 Å². The summed E-state index contributed by atoms with van der Waals surface area (Å²) in [4.78, 5) is 31.7. The minimum absolute atomic E-state index is 0.0122. The van der Waals surface area contributed by atoms with Crippen molar-refractivity contribution in [3.05, 3.63) is 18.6 Å². The summed E-state index contributed by atoms with van der Waals surface area (Å²) in [6.07, 6.45) is 9.53. The SMILES string of the molecule is O=C1CC(C(=O)NC2CCC(Oc3cnccn3)CC2)CCN1. The lowest BCUT2D eigenvalue weighted by Crippen LogP contribution is -2.46. The molecule has 1 atom stereocenters. The molecule has 2 N–H and O–H groups in total. The Morgan fingerprint density at radius 1 is 1.22 bits per heavy atom. The quantitative estimate of drug-likeness (QED) is 0.857. The fourth-order valence-corrected chi connectivity index (χ4v) is 3.17. The summed E-state index contributed by atoms with van der Waals surface area (Å²) in [5.74, 6) is 0.348. The molecule has 2 heterocycles. The van der Waals surface area contributed by atoms with Gasteiger partial charge in [-0.3, -0.25) is 14.6 Å². The molecule has 2 amide bonds. The molecule has 7 nitrogen and oxygen atoms in total. The second-order valence-electron chi connectivity index (χ2n) is 6.18. The van der Waals surface area contributed by atoms with E-state index in [1.54, 1.807) is 18.6 Å². The van der Waals surface area contributed by atoms with E-state index in [-0.39, 0.29) is 29.9 Å². The molecular formula is C16H22N4O3. The summed E-state index contributed by atoms with van der Waals surface area (Å²) in [7, 11) is 0. The van der Waals surface area contributed by atoms with Crippen LogP contribution in [0.2, 0.25) is 0 Å². The summed E-state index contributed by atoms with van der Waals surface area (Å²) in [5.41, 5.74) is 0. The number of hydrogen-bond donors (Lipinski definition) is 2. The third kappa shape index (κ3) is 4.40. The Balaban J connectivity index is 1.42. The van der Waals surface area contributed by atoms with Crippen LogP contribution in [0.3, 0.4) is 0 Å². The number of rotatable bonds is 4. The molecular weight excluding hydrogens is 296 g/mol. The van der Waals surface area contributed by atoms with Crippen molar-refractivity contribution in [1.82, 2.24) is 20.6 Å². The van der Waals surface area contributed by atoms with Crippen LogP contribution in [0.1, 0.15) is 38.5 Å². The van der Waals surface area contributed by atoms with Crippen molar-refractivity contribution in [2.24, 2.45) is 5.92 Å². The van der Waals surface area contributed by atoms with E-state index in [4.69, 9.17) is 4.74 Å². The number of amides is 2. The third-order valence-electron chi connectivity index (χ3n) is 4.47. The van der Waals surface area contributed by atoms with Crippen LogP contribution in [0.4, 0.5) is 0 Å². The van der Waals surface area contributed by atoms with Gasteiger partial charge in [0.15, 0.2) is 0 Å².